The molecule has 2 aromatic rings. The van der Waals surface area contributed by atoms with Crippen LogP contribution in [0.3, 0.4) is 0 Å². The van der Waals surface area contributed by atoms with E-state index < -0.39 is 0 Å². The summed E-state index contributed by atoms with van der Waals surface area (Å²) in [6.07, 6.45) is 2.48. The van der Waals surface area contributed by atoms with Gasteiger partial charge in [0, 0.05) is 37.8 Å². The summed E-state index contributed by atoms with van der Waals surface area (Å²) >= 11 is 0. The van der Waals surface area contributed by atoms with Crippen LogP contribution in [0.5, 0.6) is 0 Å². The topological polar surface area (TPSA) is 61.4 Å². The Morgan fingerprint density at radius 1 is 1.00 bits per heavy atom. The third-order valence-corrected chi connectivity index (χ3v) is 4.86. The van der Waals surface area contributed by atoms with Crippen LogP contribution in [0.15, 0.2) is 36.4 Å². The molecule has 1 aromatic heterocycles. The highest BCUT2D eigenvalue weighted by molar-refractivity contribution is 5.89. The van der Waals surface area contributed by atoms with Crippen molar-refractivity contribution in [1.82, 2.24) is 15.1 Å². The number of hydrogen-bond acceptors (Lipinski definition) is 4. The SMILES string of the molecule is Cc1ccc(NC(=O)N2CCN(c3ccc(C4CC4)nn3)CC2)cc1. The molecule has 4 rings (SSSR count). The van der Waals surface area contributed by atoms with E-state index in [0.717, 1.165) is 30.3 Å². The third-order valence-electron chi connectivity index (χ3n) is 4.86. The molecule has 0 bridgehead atoms. The van der Waals surface area contributed by atoms with Gasteiger partial charge >= 0.3 is 6.03 Å². The number of hydrogen-bond donors (Lipinski definition) is 1. The fourth-order valence-electron chi connectivity index (χ4n) is 3.08. The van der Waals surface area contributed by atoms with Crippen molar-refractivity contribution in [3.05, 3.63) is 47.7 Å². The van der Waals surface area contributed by atoms with E-state index in [4.69, 9.17) is 0 Å². The third kappa shape index (κ3) is 3.73. The first kappa shape index (κ1) is 15.9. The molecule has 2 amide bonds. The maximum atomic E-state index is 12.4. The average Bonchev–Trinajstić information content (AvgIpc) is 3.49. The predicted molar refractivity (Wildman–Crippen MR) is 98.0 cm³/mol. The van der Waals surface area contributed by atoms with Gasteiger partial charge in [0.05, 0.1) is 5.69 Å². The molecule has 0 spiro atoms. The van der Waals surface area contributed by atoms with E-state index in [1.807, 2.05) is 36.1 Å². The van der Waals surface area contributed by atoms with Gasteiger partial charge in [-0.1, -0.05) is 17.7 Å². The molecule has 1 aromatic carbocycles. The van der Waals surface area contributed by atoms with Gasteiger partial charge in [-0.05, 0) is 44.0 Å². The molecule has 2 heterocycles. The molecule has 2 aliphatic rings. The number of nitrogens with zero attached hydrogens (tertiary/aromatic N) is 4. The summed E-state index contributed by atoms with van der Waals surface area (Å²) in [5.74, 6) is 1.53. The van der Waals surface area contributed by atoms with E-state index in [-0.39, 0.29) is 6.03 Å². The van der Waals surface area contributed by atoms with E-state index >= 15 is 0 Å². The molecule has 1 aliphatic carbocycles. The quantitative estimate of drug-likeness (QED) is 0.935. The van der Waals surface area contributed by atoms with Gasteiger partial charge in [0.15, 0.2) is 5.82 Å². The van der Waals surface area contributed by atoms with E-state index in [9.17, 15) is 4.79 Å². The van der Waals surface area contributed by atoms with Crippen molar-refractivity contribution >= 4 is 17.5 Å². The van der Waals surface area contributed by atoms with Crippen molar-refractivity contribution in [1.29, 1.82) is 0 Å². The number of aromatic nitrogens is 2. The molecular weight excluding hydrogens is 314 g/mol. The number of carbonyl (C=O) groups excluding carboxylic acids is 1. The van der Waals surface area contributed by atoms with Gasteiger partial charge in [-0.3, -0.25) is 0 Å². The maximum absolute atomic E-state index is 12.4. The van der Waals surface area contributed by atoms with Crippen LogP contribution in [0.2, 0.25) is 0 Å². The number of amides is 2. The summed E-state index contributed by atoms with van der Waals surface area (Å²) in [6.45, 7) is 4.95. The van der Waals surface area contributed by atoms with Gasteiger partial charge in [-0.15, -0.1) is 5.10 Å². The number of urea groups is 1. The maximum Gasteiger partial charge on any atom is 0.321 e. The molecule has 0 radical (unpaired) electrons. The first-order chi connectivity index (χ1) is 12.2. The van der Waals surface area contributed by atoms with Gasteiger partial charge in [-0.25, -0.2) is 4.79 Å². The largest absolute Gasteiger partial charge is 0.352 e. The second-order valence-electron chi connectivity index (χ2n) is 6.86. The number of anilines is 2. The smallest absolute Gasteiger partial charge is 0.321 e. The molecule has 130 valence electrons. The van der Waals surface area contributed by atoms with Crippen LogP contribution in [-0.2, 0) is 0 Å². The lowest BCUT2D eigenvalue weighted by molar-refractivity contribution is 0.208. The Hall–Kier alpha value is -2.63. The van der Waals surface area contributed by atoms with Crippen LogP contribution in [0.4, 0.5) is 16.3 Å². The van der Waals surface area contributed by atoms with E-state index in [1.165, 1.54) is 18.4 Å². The monoisotopic (exact) mass is 337 g/mol. The second kappa shape index (κ2) is 6.70. The van der Waals surface area contributed by atoms with Crippen LogP contribution < -0.4 is 10.2 Å². The van der Waals surface area contributed by atoms with E-state index in [1.54, 1.807) is 0 Å². The van der Waals surface area contributed by atoms with Gasteiger partial charge in [0.1, 0.15) is 0 Å². The highest BCUT2D eigenvalue weighted by Gasteiger charge is 2.26. The zero-order valence-electron chi connectivity index (χ0n) is 14.5. The van der Waals surface area contributed by atoms with Crippen molar-refractivity contribution in [3.8, 4) is 0 Å². The average molecular weight is 337 g/mol. The molecule has 2 fully saturated rings. The lowest BCUT2D eigenvalue weighted by Gasteiger charge is -2.35. The first-order valence-corrected chi connectivity index (χ1v) is 8.90. The number of aryl methyl sites for hydroxylation is 1. The van der Waals surface area contributed by atoms with Gasteiger partial charge in [0.25, 0.3) is 0 Å². The van der Waals surface area contributed by atoms with Crippen molar-refractivity contribution < 1.29 is 4.79 Å². The second-order valence-corrected chi connectivity index (χ2v) is 6.86. The van der Waals surface area contributed by atoms with E-state index in [0.29, 0.717) is 19.0 Å². The Morgan fingerprint density at radius 3 is 2.32 bits per heavy atom. The zero-order chi connectivity index (χ0) is 17.2. The Morgan fingerprint density at radius 2 is 1.72 bits per heavy atom. The number of nitrogens with one attached hydrogen (secondary N) is 1. The Bertz CT molecular complexity index is 731. The number of rotatable bonds is 3. The van der Waals surface area contributed by atoms with Gasteiger partial charge in [-0.2, -0.15) is 5.10 Å². The first-order valence-electron chi connectivity index (χ1n) is 8.90. The molecule has 0 unspecified atom stereocenters. The van der Waals surface area contributed by atoms with Crippen LogP contribution in [-0.4, -0.2) is 47.3 Å². The summed E-state index contributed by atoms with van der Waals surface area (Å²) in [5.41, 5.74) is 3.12. The van der Waals surface area contributed by atoms with E-state index in [2.05, 4.69) is 32.5 Å². The summed E-state index contributed by atoms with van der Waals surface area (Å²) in [5, 5.41) is 11.7. The van der Waals surface area contributed by atoms with Crippen molar-refractivity contribution in [3.63, 3.8) is 0 Å². The zero-order valence-corrected chi connectivity index (χ0v) is 14.5. The molecule has 25 heavy (non-hydrogen) atoms. The lowest BCUT2D eigenvalue weighted by Crippen LogP contribution is -2.50. The Labute approximate surface area is 147 Å². The molecule has 1 saturated heterocycles. The van der Waals surface area contributed by atoms with Crippen molar-refractivity contribution in [2.75, 3.05) is 36.4 Å². The summed E-state index contributed by atoms with van der Waals surface area (Å²) in [7, 11) is 0. The van der Waals surface area contributed by atoms with Gasteiger partial charge < -0.3 is 15.1 Å². The minimum Gasteiger partial charge on any atom is -0.352 e. The summed E-state index contributed by atoms with van der Waals surface area (Å²) < 4.78 is 0. The molecule has 6 heteroatoms. The normalized spacial score (nSPS) is 17.5. The molecule has 6 nitrogen and oxygen atoms in total. The van der Waals surface area contributed by atoms with Crippen LogP contribution in [0.1, 0.15) is 30.0 Å². The number of piperazine rings is 1. The predicted octanol–water partition coefficient (Wildman–Crippen LogP) is 3.02. The van der Waals surface area contributed by atoms with Crippen LogP contribution >= 0.6 is 0 Å². The highest BCUT2D eigenvalue weighted by Crippen LogP contribution is 2.38. The van der Waals surface area contributed by atoms with Gasteiger partial charge in [0.2, 0.25) is 0 Å². The molecule has 0 atom stereocenters. The molecular formula is C19H23N5O. The standard InChI is InChI=1S/C19H23N5O/c1-14-2-6-16(7-3-14)20-19(25)24-12-10-23(11-13-24)18-9-8-17(21-22-18)15-4-5-15/h2-3,6-9,15H,4-5,10-13H2,1H3,(H,20,25). The van der Waals surface area contributed by atoms with Crippen LogP contribution in [0.25, 0.3) is 0 Å². The van der Waals surface area contributed by atoms with Crippen molar-refractivity contribution in [2.45, 2.75) is 25.7 Å². The number of carbonyl (C=O) groups is 1. The fraction of sp³-hybridized carbons (Fsp3) is 0.421. The van der Waals surface area contributed by atoms with Crippen molar-refractivity contribution in [2.24, 2.45) is 0 Å². The van der Waals surface area contributed by atoms with Crippen LogP contribution in [0, 0.1) is 6.92 Å². The highest BCUT2D eigenvalue weighted by atomic mass is 16.2. The summed E-state index contributed by atoms with van der Waals surface area (Å²) in [6, 6.07) is 12.0. The Kier molecular flexibility index (Phi) is 4.26. The summed E-state index contributed by atoms with van der Waals surface area (Å²) in [4.78, 5) is 16.4. The minimum absolute atomic E-state index is 0.0429. The Balaban J connectivity index is 1.31. The molecule has 1 N–H and O–H groups in total. The molecule has 1 aliphatic heterocycles. The fourth-order valence-corrected chi connectivity index (χ4v) is 3.08. The number of benzene rings is 1. The lowest BCUT2D eigenvalue weighted by atomic mass is 10.2. The molecule has 1 saturated carbocycles. The minimum atomic E-state index is -0.0429.